The lowest BCUT2D eigenvalue weighted by Crippen LogP contribution is -2.49. The highest BCUT2D eigenvalue weighted by atomic mass is 32.1. The van der Waals surface area contributed by atoms with E-state index >= 15 is 0 Å². The number of quaternary nitrogens is 4. The Hall–Kier alpha value is -2.56. The molecular weight excluding hydrogens is 1600 g/mol. The lowest BCUT2D eigenvalue weighted by atomic mass is 9.82. The highest BCUT2D eigenvalue weighted by Crippen LogP contribution is 2.47. The first-order valence-corrected chi connectivity index (χ1v) is 42.4. The average molecular weight is 1730 g/mol. The summed E-state index contributed by atoms with van der Waals surface area (Å²) in [5.74, 6) is -8.36. The van der Waals surface area contributed by atoms with Crippen LogP contribution in [0.25, 0.3) is 0 Å². The molecule has 640 valence electrons. The number of carbonyl (C=O) groups is 8. The summed E-state index contributed by atoms with van der Waals surface area (Å²) in [6.45, 7) is 8.69. The second-order valence-electron chi connectivity index (χ2n) is 34.3. The number of nitrogens with zero attached hydrogens (tertiary/aromatic N) is 4. The van der Waals surface area contributed by atoms with Gasteiger partial charge in [-0.15, -0.1) is 0 Å². The van der Waals surface area contributed by atoms with Gasteiger partial charge in [0.25, 0.3) is 0 Å². The Morgan fingerprint density at radius 2 is 0.404 bits per heavy atom. The largest absolute Gasteiger partial charge is 0.472 e. The Bertz CT molecular complexity index is 2790. The molecule has 0 aromatic carbocycles. The highest BCUT2D eigenvalue weighted by Gasteiger charge is 2.50. The van der Waals surface area contributed by atoms with Crippen molar-refractivity contribution in [2.75, 3.05) is 216 Å². The predicted molar refractivity (Wildman–Crippen MR) is 412 cm³/mol. The van der Waals surface area contributed by atoms with E-state index in [1.54, 1.807) is 0 Å². The molecule has 44 heteroatoms. The molecule has 0 aliphatic rings. The Kier molecular flexibility index (Phi) is 42.0. The van der Waals surface area contributed by atoms with E-state index in [2.05, 4.69) is 50.5 Å². The van der Waals surface area contributed by atoms with Gasteiger partial charge in [-0.25, -0.2) is 18.3 Å². The predicted octanol–water partition coefficient (Wildman–Crippen LogP) is 6.10. The molecule has 0 heterocycles. The van der Waals surface area contributed by atoms with Crippen LogP contribution in [0.4, 0.5) is 0 Å². The van der Waals surface area contributed by atoms with Gasteiger partial charge in [-0.1, -0.05) is 0 Å². The first kappa shape index (κ1) is 106. The lowest BCUT2D eigenvalue weighted by Gasteiger charge is -2.38. The quantitative estimate of drug-likeness (QED) is 0.00851. The number of rotatable bonds is 56. The summed E-state index contributed by atoms with van der Waals surface area (Å²) in [5.41, 5.74) is -9.04. The van der Waals surface area contributed by atoms with Crippen molar-refractivity contribution in [3.8, 4) is 0 Å². The van der Waals surface area contributed by atoms with Gasteiger partial charge in [0.1, 0.15) is 130 Å². The summed E-state index contributed by atoms with van der Waals surface area (Å²) in [5, 5.41) is 0. The minimum Gasteiger partial charge on any atom is -0.464 e. The number of phosphoric acid groups is 4. The van der Waals surface area contributed by atoms with Crippen LogP contribution < -0.4 is 0 Å². The lowest BCUT2D eigenvalue weighted by molar-refractivity contribution is -0.870. The number of ether oxygens (including phenoxy) is 8. The Labute approximate surface area is 665 Å². The number of hydrogen-bond acceptors (Lipinski definition) is 32. The van der Waals surface area contributed by atoms with Gasteiger partial charge in [0.15, 0.2) is 0 Å². The maximum Gasteiger partial charge on any atom is 0.472 e. The summed E-state index contributed by atoms with van der Waals surface area (Å²) in [6, 6.07) is 0. The van der Waals surface area contributed by atoms with E-state index in [0.717, 1.165) is 0 Å². The highest BCUT2D eigenvalue weighted by molar-refractivity contribution is 7.83. The van der Waals surface area contributed by atoms with Crippen molar-refractivity contribution in [3.63, 3.8) is 0 Å². The zero-order chi connectivity index (χ0) is 85.4. The minimum atomic E-state index is -4.57. The number of thiol groups is 4. The van der Waals surface area contributed by atoms with Crippen molar-refractivity contribution in [1.29, 1.82) is 0 Å². The SMILES string of the molecule is CC(C)(CC(C)(S)C(=O)OCCOP(=O)(O)OCC[N+](C)(C)C)C(=O)OCC(COC(=O)C(C)(C)CC(C)(S)C(=O)OCCOP(=O)(O)OCC[N+](C)(C)C)(COC(=O)C(C)(C)CC(C)(S)C(=O)OCCOP(=O)(O)OCC[N+](C)(C)C)COC(=O)C(C)(C)CC(C)(S)C(=O)OCCOP(=O)(O)OCC[N+](C)(C)C. The first-order valence-electron chi connectivity index (χ1n) is 34.6. The molecule has 109 heavy (non-hydrogen) atoms. The van der Waals surface area contributed by atoms with E-state index in [-0.39, 0.29) is 26.4 Å². The molecule has 0 aliphatic carbocycles. The summed E-state index contributed by atoms with van der Waals surface area (Å²) in [6.07, 6.45) is -1.78. The third kappa shape index (κ3) is 45.5. The third-order valence-electron chi connectivity index (χ3n) is 15.5. The van der Waals surface area contributed by atoms with Crippen LogP contribution in [0.5, 0.6) is 0 Å². The number of hydrogen-bond donors (Lipinski definition) is 8. The molecule has 0 spiro atoms. The topological polar surface area (TPSA) is 433 Å². The van der Waals surface area contributed by atoms with Gasteiger partial charge < -0.3 is 75.4 Å². The number of likely N-dealkylation sites (N-methyl/N-ethyl adjacent to an activating group) is 4. The zero-order valence-corrected chi connectivity index (χ0v) is 75.2. The van der Waals surface area contributed by atoms with Crippen LogP contribution in [0.1, 0.15) is 109 Å². The molecule has 0 aromatic rings. The molecule has 4 N–H and O–H groups in total. The number of esters is 8. The van der Waals surface area contributed by atoms with Crippen LogP contribution in [-0.2, 0) is 131 Å². The second-order valence-corrected chi connectivity index (χ2v) is 44.0. The molecule has 8 unspecified atom stereocenters. The van der Waals surface area contributed by atoms with Crippen molar-refractivity contribution in [2.45, 2.75) is 128 Å². The number of carbonyl (C=O) groups excluding carboxylic acids is 8. The Morgan fingerprint density at radius 1 is 0.257 bits per heavy atom. The van der Waals surface area contributed by atoms with E-state index in [9.17, 15) is 76.2 Å². The summed E-state index contributed by atoms with van der Waals surface area (Å²) >= 11 is 18.1. The van der Waals surface area contributed by atoms with Crippen molar-refractivity contribution >= 4 is 130 Å². The standard InChI is InChI=1S/C65H124N4O32P4S4/c1-57(2,41-61(9,106)53(74)86-33-37-98-102(78,79)94-29-25-66(13,14)15)49(70)90-45-65(46-91-50(71)58(3,4)42-62(10,107)54(75)87-34-38-99-103(80,81)95-30-26-67(16,17)18,47-92-51(72)59(5,6)43-63(11,108)55(76)88-35-39-100-104(82,83)96-31-27-68(19,20)21)48-93-52(73)60(7,8)44-64(12,109)56(77)89-36-40-101-105(84,85)97-32-28-69(22,23)24/h25-48H2,1-24H3,(H4-4,78,79,80,81,82,83,84,85,106,107,108,109)/p+4. The monoisotopic (exact) mass is 1730 g/mol. The van der Waals surface area contributed by atoms with Crippen molar-refractivity contribution in [3.05, 3.63) is 0 Å². The molecule has 0 saturated heterocycles. The van der Waals surface area contributed by atoms with Crippen LogP contribution in [0.15, 0.2) is 0 Å². The van der Waals surface area contributed by atoms with Crippen LogP contribution in [0.2, 0.25) is 0 Å². The smallest absolute Gasteiger partial charge is 0.464 e. The molecule has 0 fully saturated rings. The molecule has 0 radical (unpaired) electrons. The molecule has 0 rings (SSSR count). The molecule has 0 saturated carbocycles. The van der Waals surface area contributed by atoms with Gasteiger partial charge in [-0.2, -0.15) is 50.5 Å². The molecule has 36 nitrogen and oxygen atoms in total. The fourth-order valence-corrected chi connectivity index (χ4v) is 14.2. The van der Waals surface area contributed by atoms with Gasteiger partial charge in [-0.05, 0) is 109 Å². The van der Waals surface area contributed by atoms with E-state index < -0.39 is 230 Å². The van der Waals surface area contributed by atoms with E-state index in [1.165, 1.54) is 83.1 Å². The molecule has 0 aliphatic heterocycles. The van der Waals surface area contributed by atoms with Gasteiger partial charge in [0.2, 0.25) is 0 Å². The first-order chi connectivity index (χ1) is 48.7. The minimum absolute atomic E-state index is 0.132. The van der Waals surface area contributed by atoms with Gasteiger partial charge >= 0.3 is 79.0 Å². The van der Waals surface area contributed by atoms with E-state index in [1.807, 2.05) is 84.6 Å². The Balaban J connectivity index is 7.67. The van der Waals surface area contributed by atoms with Crippen molar-refractivity contribution < 1.29 is 168 Å². The summed E-state index contributed by atoms with van der Waals surface area (Å²) in [7, 11) is 3.80. The molecule has 0 bridgehead atoms. The van der Waals surface area contributed by atoms with Gasteiger partial charge in [-0.3, -0.25) is 74.5 Å². The molecule has 0 amide bonds. The molecule has 0 aromatic heterocycles. The van der Waals surface area contributed by atoms with Crippen LogP contribution >= 0.6 is 81.8 Å². The van der Waals surface area contributed by atoms with Gasteiger partial charge in [0, 0.05) is 0 Å². The van der Waals surface area contributed by atoms with Crippen molar-refractivity contribution in [2.24, 2.45) is 27.1 Å². The third-order valence-corrected chi connectivity index (χ3v) is 20.9. The van der Waals surface area contributed by atoms with Gasteiger partial charge in [0.05, 0.1) is 133 Å². The van der Waals surface area contributed by atoms with Crippen LogP contribution in [-0.4, -0.2) is 321 Å². The maximum atomic E-state index is 14.6. The fraction of sp³-hybridized carbons (Fsp3) is 0.877. The molecule has 8 atom stereocenters. The Morgan fingerprint density at radius 3 is 0.550 bits per heavy atom. The van der Waals surface area contributed by atoms with Crippen LogP contribution in [0, 0.1) is 27.1 Å². The van der Waals surface area contributed by atoms with E-state index in [0.29, 0.717) is 44.1 Å². The molecular formula is C65H128N4O32P4S4+4. The van der Waals surface area contributed by atoms with E-state index in [4.69, 9.17) is 74.1 Å². The fourth-order valence-electron chi connectivity index (χ4n) is 9.56. The zero-order valence-electron chi connectivity index (χ0n) is 68.1. The summed E-state index contributed by atoms with van der Waals surface area (Å²) in [4.78, 5) is 154. The average Bonchev–Trinajstić information content (AvgIpc) is 0.807. The normalized spacial score (nSPS) is 18.0. The van der Waals surface area contributed by atoms with Crippen molar-refractivity contribution in [1.82, 2.24) is 0 Å². The van der Waals surface area contributed by atoms with Crippen LogP contribution in [0.3, 0.4) is 0 Å². The maximum absolute atomic E-state index is 14.6. The second kappa shape index (κ2) is 43.1. The number of phosphoric ester groups is 4. The summed E-state index contributed by atoms with van der Waals surface area (Å²) < 4.78 is 130.